The summed E-state index contributed by atoms with van der Waals surface area (Å²) in [7, 11) is 0. The van der Waals surface area contributed by atoms with Crippen molar-refractivity contribution in [2.75, 3.05) is 5.32 Å². The zero-order valence-corrected chi connectivity index (χ0v) is 12.7. The number of nitrogens with one attached hydrogen (secondary N) is 1. The van der Waals surface area contributed by atoms with Crippen LogP contribution in [0.1, 0.15) is 24.2 Å². The minimum atomic E-state index is -0.634. The number of hydrogen-bond acceptors (Lipinski definition) is 2. The second-order valence-electron chi connectivity index (χ2n) is 5.41. The van der Waals surface area contributed by atoms with Crippen LogP contribution < -0.4 is 5.32 Å². The number of rotatable bonds is 3. The van der Waals surface area contributed by atoms with Crippen molar-refractivity contribution in [2.24, 2.45) is 0 Å². The molecule has 3 aromatic rings. The molecule has 0 spiro atoms. The number of hydrogen-bond donors (Lipinski definition) is 1. The lowest BCUT2D eigenvalue weighted by atomic mass is 10.1. The van der Waals surface area contributed by atoms with E-state index in [1.54, 1.807) is 31.2 Å². The molecule has 0 aliphatic heterocycles. The number of halogens is 3. The highest BCUT2D eigenvalue weighted by Crippen LogP contribution is 2.32. The first kappa shape index (κ1) is 15.3. The Bertz CT molecular complexity index is 878. The van der Waals surface area contributed by atoms with Crippen molar-refractivity contribution >= 4 is 16.6 Å². The van der Waals surface area contributed by atoms with E-state index < -0.39 is 23.5 Å². The van der Waals surface area contributed by atoms with Gasteiger partial charge >= 0.3 is 0 Å². The molecule has 0 saturated carbocycles. The Hall–Kier alpha value is -2.56. The Morgan fingerprint density at radius 3 is 2.39 bits per heavy atom. The number of anilines is 1. The van der Waals surface area contributed by atoms with Gasteiger partial charge in [-0.1, -0.05) is 24.3 Å². The summed E-state index contributed by atoms with van der Waals surface area (Å²) in [6.07, 6.45) is 0. The Morgan fingerprint density at radius 1 is 0.957 bits per heavy atom. The van der Waals surface area contributed by atoms with Gasteiger partial charge in [-0.3, -0.25) is 0 Å². The van der Waals surface area contributed by atoms with E-state index in [0.29, 0.717) is 11.1 Å². The molecule has 2 nitrogen and oxygen atoms in total. The fourth-order valence-electron chi connectivity index (χ4n) is 2.63. The predicted octanol–water partition coefficient (Wildman–Crippen LogP) is 5.13. The van der Waals surface area contributed by atoms with E-state index in [2.05, 4.69) is 10.3 Å². The van der Waals surface area contributed by atoms with Crippen molar-refractivity contribution in [1.82, 2.24) is 4.98 Å². The molecule has 5 heteroatoms. The Balaban J connectivity index is 2.13. The van der Waals surface area contributed by atoms with E-state index in [0.717, 1.165) is 0 Å². The lowest BCUT2D eigenvalue weighted by Gasteiger charge is -2.19. The van der Waals surface area contributed by atoms with Crippen LogP contribution in [0.15, 0.2) is 42.5 Å². The number of aryl methyl sites for hydroxylation is 1. The van der Waals surface area contributed by atoms with Crippen molar-refractivity contribution in [1.29, 1.82) is 0 Å². The zero-order chi connectivity index (χ0) is 16.6. The van der Waals surface area contributed by atoms with Crippen LogP contribution in [-0.2, 0) is 0 Å². The Labute approximate surface area is 132 Å². The molecule has 0 amide bonds. The topological polar surface area (TPSA) is 24.9 Å². The highest BCUT2D eigenvalue weighted by Gasteiger charge is 2.19. The summed E-state index contributed by atoms with van der Waals surface area (Å²) in [5, 5.41) is 2.97. The van der Waals surface area contributed by atoms with Gasteiger partial charge in [-0.25, -0.2) is 18.2 Å². The minimum absolute atomic E-state index is 0.00125. The van der Waals surface area contributed by atoms with Gasteiger partial charge in [0.1, 0.15) is 11.6 Å². The molecule has 1 N–H and O–H groups in total. The van der Waals surface area contributed by atoms with Gasteiger partial charge in [0.25, 0.3) is 0 Å². The Kier molecular flexibility index (Phi) is 3.94. The smallest absolute Gasteiger partial charge is 0.168 e. The van der Waals surface area contributed by atoms with Crippen LogP contribution in [0.5, 0.6) is 0 Å². The highest BCUT2D eigenvalue weighted by molar-refractivity contribution is 5.92. The first-order chi connectivity index (χ1) is 11.0. The summed E-state index contributed by atoms with van der Waals surface area (Å²) >= 11 is 0. The van der Waals surface area contributed by atoms with Gasteiger partial charge in [0.15, 0.2) is 5.82 Å². The van der Waals surface area contributed by atoms with Crippen LogP contribution in [0.25, 0.3) is 10.9 Å². The van der Waals surface area contributed by atoms with Gasteiger partial charge in [-0.2, -0.15) is 0 Å². The Morgan fingerprint density at radius 2 is 1.65 bits per heavy atom. The third-order valence-electron chi connectivity index (χ3n) is 3.80. The van der Waals surface area contributed by atoms with E-state index in [-0.39, 0.29) is 16.8 Å². The van der Waals surface area contributed by atoms with Gasteiger partial charge < -0.3 is 5.32 Å². The van der Waals surface area contributed by atoms with Crippen molar-refractivity contribution in [3.8, 4) is 0 Å². The summed E-state index contributed by atoms with van der Waals surface area (Å²) in [5.74, 6) is -1.61. The summed E-state index contributed by atoms with van der Waals surface area (Å²) in [5.41, 5.74) is 0.894. The number of benzene rings is 2. The molecule has 0 saturated heterocycles. The normalized spacial score (nSPS) is 12.4. The monoisotopic (exact) mass is 316 g/mol. The zero-order valence-electron chi connectivity index (χ0n) is 12.7. The molecule has 0 bridgehead atoms. The van der Waals surface area contributed by atoms with Crippen molar-refractivity contribution < 1.29 is 13.2 Å². The van der Waals surface area contributed by atoms with E-state index in [9.17, 15) is 13.2 Å². The summed E-state index contributed by atoms with van der Waals surface area (Å²) in [6.45, 7) is 3.21. The summed E-state index contributed by atoms with van der Waals surface area (Å²) in [4.78, 5) is 4.07. The molecular formula is C18H15F3N2. The van der Waals surface area contributed by atoms with Gasteiger partial charge in [0.05, 0.1) is 28.3 Å². The number of pyridine rings is 1. The highest BCUT2D eigenvalue weighted by atomic mass is 19.1. The second-order valence-corrected chi connectivity index (χ2v) is 5.41. The fourth-order valence-corrected chi connectivity index (χ4v) is 2.63. The molecule has 0 radical (unpaired) electrons. The predicted molar refractivity (Wildman–Crippen MR) is 84.8 cm³/mol. The largest absolute Gasteiger partial charge is 0.375 e. The molecule has 1 atom stereocenters. The lowest BCUT2D eigenvalue weighted by molar-refractivity contribution is 0.592. The third-order valence-corrected chi connectivity index (χ3v) is 3.80. The third kappa shape index (κ3) is 2.74. The molecule has 3 rings (SSSR count). The van der Waals surface area contributed by atoms with E-state index >= 15 is 0 Å². The molecule has 2 aromatic carbocycles. The maximum atomic E-state index is 14.5. The van der Waals surface area contributed by atoms with Crippen molar-refractivity contribution in [3.63, 3.8) is 0 Å². The van der Waals surface area contributed by atoms with Crippen LogP contribution in [0, 0.1) is 24.4 Å². The number of aromatic nitrogens is 1. The van der Waals surface area contributed by atoms with Crippen LogP contribution in [-0.4, -0.2) is 4.98 Å². The van der Waals surface area contributed by atoms with E-state index in [4.69, 9.17) is 0 Å². The lowest BCUT2D eigenvalue weighted by Crippen LogP contribution is -2.12. The first-order valence-electron chi connectivity index (χ1n) is 7.24. The van der Waals surface area contributed by atoms with Gasteiger partial charge in [-0.05, 0) is 32.0 Å². The number of nitrogens with zero attached hydrogens (tertiary/aromatic N) is 1. The molecule has 0 aliphatic rings. The maximum Gasteiger partial charge on any atom is 0.168 e. The van der Waals surface area contributed by atoms with E-state index in [1.807, 2.05) is 0 Å². The molecular weight excluding hydrogens is 301 g/mol. The first-order valence-corrected chi connectivity index (χ1v) is 7.24. The summed E-state index contributed by atoms with van der Waals surface area (Å²) < 4.78 is 42.6. The maximum absolute atomic E-state index is 14.5. The summed E-state index contributed by atoms with van der Waals surface area (Å²) in [6, 6.07) is 10.1. The average Bonchev–Trinajstić information content (AvgIpc) is 2.52. The second kappa shape index (κ2) is 5.91. The van der Waals surface area contributed by atoms with Gasteiger partial charge in [0.2, 0.25) is 0 Å². The molecule has 1 heterocycles. The van der Waals surface area contributed by atoms with Crippen LogP contribution in [0.2, 0.25) is 0 Å². The fraction of sp³-hybridized carbons (Fsp3) is 0.167. The van der Waals surface area contributed by atoms with Crippen molar-refractivity contribution in [3.05, 3.63) is 71.2 Å². The molecule has 0 aliphatic carbocycles. The number of fused-ring (bicyclic) bond motifs is 1. The average molecular weight is 316 g/mol. The van der Waals surface area contributed by atoms with Crippen LogP contribution in [0.3, 0.4) is 0 Å². The molecule has 0 unspecified atom stereocenters. The van der Waals surface area contributed by atoms with Crippen LogP contribution in [0.4, 0.5) is 18.9 Å². The molecule has 1 aromatic heterocycles. The van der Waals surface area contributed by atoms with E-state index in [1.165, 1.54) is 25.1 Å². The van der Waals surface area contributed by atoms with Crippen LogP contribution >= 0.6 is 0 Å². The van der Waals surface area contributed by atoms with Gasteiger partial charge in [0, 0.05) is 5.56 Å². The molecule has 0 fully saturated rings. The standard InChI is InChI=1S/C18H15F3N2/c1-10(12-6-3-4-7-13(12)19)23-18-16-14(20)8-5-9-15(16)22-11(2)17(18)21/h3-10H,1-2H3,(H,22,23)/t10-/m1/s1. The quantitative estimate of drug-likeness (QED) is 0.724. The molecule has 23 heavy (non-hydrogen) atoms. The SMILES string of the molecule is Cc1nc2cccc(F)c2c(N[C@H](C)c2ccccc2F)c1F. The molecule has 118 valence electrons. The van der Waals surface area contributed by atoms with Gasteiger partial charge in [-0.15, -0.1) is 0 Å². The van der Waals surface area contributed by atoms with Crippen molar-refractivity contribution in [2.45, 2.75) is 19.9 Å². The minimum Gasteiger partial charge on any atom is -0.375 e.